The minimum absolute atomic E-state index is 0.00641. The first-order valence-electron chi connectivity index (χ1n) is 29.1. The van der Waals surface area contributed by atoms with E-state index in [1.807, 2.05) is 26.6 Å². The summed E-state index contributed by atoms with van der Waals surface area (Å²) in [4.78, 5) is 235. The number of likely N-dealkylation sites (tertiary alicyclic amines) is 1. The van der Waals surface area contributed by atoms with Crippen molar-refractivity contribution in [1.82, 2.24) is 63.4 Å². The summed E-state index contributed by atoms with van der Waals surface area (Å²) in [5, 5.41) is 83.0. The predicted octanol–water partition coefficient (Wildman–Crippen LogP) is -13.4. The molecule has 0 aromatic heterocycles. The van der Waals surface area contributed by atoms with Crippen molar-refractivity contribution in [1.29, 1.82) is 0 Å². The van der Waals surface area contributed by atoms with E-state index in [9.17, 15) is 112 Å². The molecular weight excluding hydrogens is 1270 g/mol. The van der Waals surface area contributed by atoms with E-state index in [-0.39, 0.29) is 44.7 Å². The van der Waals surface area contributed by atoms with Crippen LogP contribution in [-0.4, -0.2) is 258 Å². The van der Waals surface area contributed by atoms with E-state index in [2.05, 4.69) is 36.9 Å². The molecule has 1 rings (SSSR count). The molecule has 29 N–H and O–H groups in total. The summed E-state index contributed by atoms with van der Waals surface area (Å²) < 4.78 is 0. The number of guanidine groups is 1. The maximum atomic E-state index is 14.0. The Balaban J connectivity index is 3.36. The van der Waals surface area contributed by atoms with Crippen LogP contribution in [0.2, 0.25) is 0 Å². The quantitative estimate of drug-likeness (QED) is 0.0153. The molecule has 0 spiro atoms. The second-order valence-electron chi connectivity index (χ2n) is 21.8. The molecule has 1 fully saturated rings. The first-order valence-corrected chi connectivity index (χ1v) is 29.1. The van der Waals surface area contributed by atoms with Gasteiger partial charge in [-0.1, -0.05) is 0 Å². The van der Waals surface area contributed by atoms with Crippen LogP contribution in [0.5, 0.6) is 0 Å². The molecule has 1 saturated heterocycles. The van der Waals surface area contributed by atoms with Gasteiger partial charge in [-0.2, -0.15) is 0 Å². The third-order valence-electron chi connectivity index (χ3n) is 13.6. The minimum Gasteiger partial charge on any atom is -0.481 e. The first kappa shape index (κ1) is 82.6. The highest BCUT2D eigenvalue weighted by Crippen LogP contribution is 2.20. The van der Waals surface area contributed by atoms with Gasteiger partial charge in [0.1, 0.15) is 66.5 Å². The second-order valence-corrected chi connectivity index (χ2v) is 21.8. The van der Waals surface area contributed by atoms with E-state index in [1.54, 1.807) is 0 Å². The number of carboxylic acid groups (broad SMARTS) is 3. The van der Waals surface area contributed by atoms with E-state index < -0.39 is 242 Å². The van der Waals surface area contributed by atoms with Crippen LogP contribution < -0.4 is 92.9 Å². The van der Waals surface area contributed by atoms with Crippen LogP contribution in [-0.2, 0) is 86.3 Å². The number of carboxylic acids is 3. The van der Waals surface area contributed by atoms with Crippen molar-refractivity contribution in [2.75, 3.05) is 19.6 Å². The highest BCUT2D eigenvalue weighted by molar-refractivity contribution is 6.01. The van der Waals surface area contributed by atoms with Crippen molar-refractivity contribution in [2.45, 2.75) is 190 Å². The van der Waals surface area contributed by atoms with E-state index in [1.165, 1.54) is 6.92 Å². The summed E-state index contributed by atoms with van der Waals surface area (Å²) >= 11 is 0. The number of carbonyl (C=O) groups excluding carboxylic acids is 15. The Morgan fingerprint density at radius 2 is 0.905 bits per heavy atom. The second kappa shape index (κ2) is 39.9. The Labute approximate surface area is 540 Å². The van der Waals surface area contributed by atoms with E-state index in [4.69, 9.17) is 39.5 Å². The number of hydrogen-bond acceptors (Lipinski definition) is 23. The van der Waals surface area contributed by atoms with Gasteiger partial charge >= 0.3 is 17.9 Å². The average Bonchev–Trinajstić information content (AvgIpc) is 1.79. The van der Waals surface area contributed by atoms with Crippen LogP contribution in [0.15, 0.2) is 4.99 Å². The number of aliphatic hydroxyl groups excluding tert-OH is 3. The summed E-state index contributed by atoms with van der Waals surface area (Å²) in [6, 6.07) is -21.5. The molecule has 0 saturated carbocycles. The summed E-state index contributed by atoms with van der Waals surface area (Å²) in [7, 11) is 0. The molecular formula is C52H85N19O24. The lowest BCUT2D eigenvalue weighted by Gasteiger charge is -2.30. The molecule has 15 atom stereocenters. The number of carbonyl (C=O) groups is 18. The fourth-order valence-electron chi connectivity index (χ4n) is 8.72. The molecule has 0 bridgehead atoms. The minimum atomic E-state index is -2.17. The molecule has 1 heterocycles. The van der Waals surface area contributed by atoms with Crippen molar-refractivity contribution in [3.8, 4) is 0 Å². The zero-order chi connectivity index (χ0) is 72.9. The number of aliphatic hydroxyl groups is 3. The van der Waals surface area contributed by atoms with Gasteiger partial charge in [-0.15, -0.1) is 0 Å². The SMILES string of the molecule is C[C@H](NC(=O)[C@@H](NC(=O)[C@@H]1CCCN1C(=O)[C@H](C)NC(=O)[C@H](CCCN=C(N)N)NC(=O)[C@@H](NC(=O)[C@H](CC(N)=O)NC(=O)[C@@H](NC(=O)[C@H](CC(N)=O)NC(=O)[C@H](CC(=O)O)NC(=O)[C@@H](N)CC(N)=O)[C@@H](C)O)[C@@H](C)O)[C@@H](C)O)C(=O)NCC(=O)N[C@@H](CCC(=O)O)C(=O)O. The Morgan fingerprint density at radius 3 is 1.37 bits per heavy atom. The van der Waals surface area contributed by atoms with Crippen molar-refractivity contribution in [3.63, 3.8) is 0 Å². The molecule has 0 unspecified atom stereocenters. The highest BCUT2D eigenvalue weighted by atomic mass is 16.4. The first-order chi connectivity index (χ1) is 44.1. The molecule has 1 aliphatic heterocycles. The lowest BCUT2D eigenvalue weighted by Crippen LogP contribution is -2.63. The lowest BCUT2D eigenvalue weighted by molar-refractivity contribution is -0.143. The smallest absolute Gasteiger partial charge is 0.326 e. The number of aliphatic imine (C=N–C) groups is 1. The van der Waals surface area contributed by atoms with Gasteiger partial charge in [0, 0.05) is 19.5 Å². The number of primary amides is 3. The molecule has 0 aliphatic carbocycles. The summed E-state index contributed by atoms with van der Waals surface area (Å²) in [5.41, 5.74) is 32.1. The van der Waals surface area contributed by atoms with Crippen LogP contribution in [0, 0.1) is 0 Å². The summed E-state index contributed by atoms with van der Waals surface area (Å²) in [6.45, 7) is 4.35. The molecule has 532 valence electrons. The molecule has 1 aliphatic rings. The number of nitrogens with two attached hydrogens (primary N) is 6. The van der Waals surface area contributed by atoms with Crippen LogP contribution in [0.25, 0.3) is 0 Å². The molecule has 43 heteroatoms. The van der Waals surface area contributed by atoms with Crippen molar-refractivity contribution < 1.29 is 117 Å². The van der Waals surface area contributed by atoms with Gasteiger partial charge < -0.3 is 128 Å². The van der Waals surface area contributed by atoms with Gasteiger partial charge in [0.25, 0.3) is 0 Å². The zero-order valence-corrected chi connectivity index (χ0v) is 52.2. The Hall–Kier alpha value is -10.4. The van der Waals surface area contributed by atoms with Crippen LogP contribution in [0.3, 0.4) is 0 Å². The monoisotopic (exact) mass is 1360 g/mol. The number of hydrogen-bond donors (Lipinski definition) is 23. The largest absolute Gasteiger partial charge is 0.481 e. The summed E-state index contributed by atoms with van der Waals surface area (Å²) in [5.74, 6) is -23.0. The molecule has 0 aromatic carbocycles. The molecule has 15 amide bonds. The number of aliphatic carboxylic acids is 3. The fourth-order valence-corrected chi connectivity index (χ4v) is 8.72. The molecule has 95 heavy (non-hydrogen) atoms. The van der Waals surface area contributed by atoms with Gasteiger partial charge in [0.2, 0.25) is 88.6 Å². The topological polar surface area (TPSA) is 733 Å². The maximum Gasteiger partial charge on any atom is 0.326 e. The van der Waals surface area contributed by atoms with Crippen molar-refractivity contribution >= 4 is 112 Å². The van der Waals surface area contributed by atoms with Gasteiger partial charge in [-0.3, -0.25) is 86.5 Å². The molecule has 0 aromatic rings. The third kappa shape index (κ3) is 29.8. The number of nitrogens with one attached hydrogen (secondary N) is 11. The van der Waals surface area contributed by atoms with Gasteiger partial charge in [0.15, 0.2) is 5.96 Å². The fraction of sp³-hybridized carbons (Fsp3) is 0.635. The Morgan fingerprint density at radius 1 is 0.474 bits per heavy atom. The highest BCUT2D eigenvalue weighted by Gasteiger charge is 2.41. The zero-order valence-electron chi connectivity index (χ0n) is 52.2. The number of nitrogens with zero attached hydrogens (tertiary/aromatic N) is 2. The maximum absolute atomic E-state index is 14.0. The van der Waals surface area contributed by atoms with Crippen LogP contribution in [0.1, 0.15) is 98.8 Å². The predicted molar refractivity (Wildman–Crippen MR) is 320 cm³/mol. The number of rotatable bonds is 42. The third-order valence-corrected chi connectivity index (χ3v) is 13.6. The van der Waals surface area contributed by atoms with Crippen LogP contribution >= 0.6 is 0 Å². The van der Waals surface area contributed by atoms with Gasteiger partial charge in [-0.25, -0.2) is 4.79 Å². The number of amides is 15. The van der Waals surface area contributed by atoms with E-state index in [0.717, 1.165) is 32.6 Å². The van der Waals surface area contributed by atoms with E-state index >= 15 is 0 Å². The van der Waals surface area contributed by atoms with Crippen molar-refractivity contribution in [3.05, 3.63) is 0 Å². The molecule has 43 nitrogen and oxygen atoms in total. The van der Waals surface area contributed by atoms with E-state index in [0.29, 0.717) is 0 Å². The normalized spacial score (nSPS) is 16.9. The summed E-state index contributed by atoms with van der Waals surface area (Å²) in [6.07, 6.45) is -10.8. The van der Waals surface area contributed by atoms with Gasteiger partial charge in [-0.05, 0) is 66.7 Å². The standard InChI is InChI=1S/C52H85N19O24/c1-19(40(83)60-18-34(78)63-26(51(94)95)10-11-35(79)80)61-47(90)37(21(3)72)70-46(89)30-9-7-13-71(30)50(93)20(2)62-42(85)25(8-6-12-59-52(57)58)64-48(91)38(22(4)73)68-45(88)28(16-33(56)77)67-49(92)39(23(5)74)69-44(87)27(15-32(55)76)66-43(86)29(17-36(81)82)65-41(84)24(53)14-31(54)75/h19-30,37-39,72-74H,6-18,53H2,1-5H3,(H2,54,75)(H2,55,76)(H2,56,77)(H,60,83)(H,61,90)(H,62,85)(H,63,78)(H,64,91)(H,65,84)(H,66,86)(H,67,92)(H,68,88)(H,69,87)(H,70,89)(H,79,80)(H,81,82)(H,94,95)(H4,57,58,59)/t19-,20-,21+,22+,23+,24-,25-,26-,27-,28-,29-,30-,37-,38-,39-/m0/s1. The van der Waals surface area contributed by atoms with Crippen LogP contribution in [0.4, 0.5) is 0 Å². The molecule has 0 radical (unpaired) electrons. The van der Waals surface area contributed by atoms with Crippen molar-refractivity contribution in [2.24, 2.45) is 39.4 Å². The Bertz CT molecular complexity index is 2890. The lowest BCUT2D eigenvalue weighted by atomic mass is 10.1. The van der Waals surface area contributed by atoms with Gasteiger partial charge in [0.05, 0.1) is 56.6 Å². The Kier molecular flexibility index (Phi) is 34.6. The average molecular weight is 1360 g/mol.